The highest BCUT2D eigenvalue weighted by molar-refractivity contribution is 7.99. The van der Waals surface area contributed by atoms with E-state index in [0.29, 0.717) is 6.54 Å². The van der Waals surface area contributed by atoms with Crippen molar-refractivity contribution < 1.29 is 9.31 Å². The van der Waals surface area contributed by atoms with Crippen LogP contribution in [0.4, 0.5) is 10.1 Å². The molecule has 1 aliphatic heterocycles. The lowest BCUT2D eigenvalue weighted by molar-refractivity contribution is -0.385. The molecule has 1 aliphatic rings. The summed E-state index contributed by atoms with van der Waals surface area (Å²) >= 11 is 1.88. The summed E-state index contributed by atoms with van der Waals surface area (Å²) in [6.07, 6.45) is 1.05. The Morgan fingerprint density at radius 2 is 2.22 bits per heavy atom. The summed E-state index contributed by atoms with van der Waals surface area (Å²) in [5.74, 6) is 1.62. The fourth-order valence-electron chi connectivity index (χ4n) is 2.05. The minimum atomic E-state index is -0.509. The minimum Gasteiger partial charge on any atom is -0.298 e. The summed E-state index contributed by atoms with van der Waals surface area (Å²) in [7, 11) is 0. The molecule has 6 heteroatoms. The summed E-state index contributed by atoms with van der Waals surface area (Å²) in [5, 5.41) is 10.9. The molecule has 98 valence electrons. The fourth-order valence-corrected chi connectivity index (χ4v) is 2.98. The molecule has 0 amide bonds. The van der Waals surface area contributed by atoms with Crippen LogP contribution in [0.5, 0.6) is 0 Å². The molecule has 1 heterocycles. The van der Waals surface area contributed by atoms with E-state index in [4.69, 9.17) is 0 Å². The van der Waals surface area contributed by atoms with Gasteiger partial charge in [-0.05, 0) is 24.8 Å². The summed E-state index contributed by atoms with van der Waals surface area (Å²) < 4.78 is 13.7. The van der Waals surface area contributed by atoms with Crippen LogP contribution in [0.2, 0.25) is 0 Å². The van der Waals surface area contributed by atoms with E-state index in [1.54, 1.807) is 0 Å². The van der Waals surface area contributed by atoms with Crippen molar-refractivity contribution in [1.82, 2.24) is 4.90 Å². The SMILES string of the molecule is O=[N+]([O-])c1cccc(F)c1CN1CCCSCC1. The van der Waals surface area contributed by atoms with Gasteiger partial charge < -0.3 is 0 Å². The van der Waals surface area contributed by atoms with Crippen LogP contribution in [0, 0.1) is 15.9 Å². The van der Waals surface area contributed by atoms with Gasteiger partial charge in [-0.25, -0.2) is 4.39 Å². The maximum Gasteiger partial charge on any atom is 0.276 e. The average molecular weight is 270 g/mol. The Hall–Kier alpha value is -1.14. The molecule has 18 heavy (non-hydrogen) atoms. The Balaban J connectivity index is 2.19. The van der Waals surface area contributed by atoms with Gasteiger partial charge in [-0.3, -0.25) is 15.0 Å². The molecule has 0 N–H and O–H groups in total. The van der Waals surface area contributed by atoms with Crippen molar-refractivity contribution in [3.05, 3.63) is 39.7 Å². The first kappa shape index (κ1) is 13.3. The lowest BCUT2D eigenvalue weighted by atomic mass is 10.1. The molecule has 1 saturated heterocycles. The number of benzene rings is 1. The Kier molecular flexibility index (Phi) is 4.54. The maximum absolute atomic E-state index is 13.7. The van der Waals surface area contributed by atoms with Crippen LogP contribution >= 0.6 is 11.8 Å². The summed E-state index contributed by atoms with van der Waals surface area (Å²) in [4.78, 5) is 12.5. The van der Waals surface area contributed by atoms with Gasteiger partial charge in [-0.15, -0.1) is 0 Å². The number of nitrogens with zero attached hydrogens (tertiary/aromatic N) is 2. The smallest absolute Gasteiger partial charge is 0.276 e. The molecule has 0 unspecified atom stereocenters. The average Bonchev–Trinajstić information content (AvgIpc) is 2.60. The van der Waals surface area contributed by atoms with Crippen molar-refractivity contribution in [3.63, 3.8) is 0 Å². The Morgan fingerprint density at radius 3 is 3.00 bits per heavy atom. The first-order valence-electron chi connectivity index (χ1n) is 5.90. The van der Waals surface area contributed by atoms with Crippen LogP contribution in [0.25, 0.3) is 0 Å². The summed E-state index contributed by atoms with van der Waals surface area (Å²) in [6, 6.07) is 4.04. The molecule has 0 aliphatic carbocycles. The molecule has 0 aromatic heterocycles. The third-order valence-corrected chi connectivity index (χ3v) is 4.04. The molecule has 0 saturated carbocycles. The Morgan fingerprint density at radius 1 is 1.39 bits per heavy atom. The lowest BCUT2D eigenvalue weighted by Crippen LogP contribution is -2.26. The summed E-state index contributed by atoms with van der Waals surface area (Å²) in [6.45, 7) is 2.05. The van der Waals surface area contributed by atoms with Gasteiger partial charge in [0.25, 0.3) is 5.69 Å². The molecule has 0 spiro atoms. The zero-order chi connectivity index (χ0) is 13.0. The van der Waals surface area contributed by atoms with Crippen molar-refractivity contribution in [3.8, 4) is 0 Å². The number of rotatable bonds is 3. The molecule has 1 aromatic rings. The van der Waals surface area contributed by atoms with E-state index in [-0.39, 0.29) is 11.3 Å². The highest BCUT2D eigenvalue weighted by Gasteiger charge is 2.20. The molecule has 0 radical (unpaired) electrons. The number of hydrogen-bond donors (Lipinski definition) is 0. The highest BCUT2D eigenvalue weighted by Crippen LogP contribution is 2.24. The maximum atomic E-state index is 13.7. The molecular formula is C12H15FN2O2S. The second-order valence-electron chi connectivity index (χ2n) is 4.24. The topological polar surface area (TPSA) is 46.4 Å². The quantitative estimate of drug-likeness (QED) is 0.626. The normalized spacial score (nSPS) is 17.4. The third-order valence-electron chi connectivity index (χ3n) is 2.99. The number of thioether (sulfide) groups is 1. The van der Waals surface area contributed by atoms with Gasteiger partial charge in [0.2, 0.25) is 0 Å². The van der Waals surface area contributed by atoms with Gasteiger partial charge in [-0.2, -0.15) is 11.8 Å². The van der Waals surface area contributed by atoms with Gasteiger partial charge >= 0.3 is 0 Å². The zero-order valence-electron chi connectivity index (χ0n) is 9.97. The highest BCUT2D eigenvalue weighted by atomic mass is 32.2. The second-order valence-corrected chi connectivity index (χ2v) is 5.46. The molecular weight excluding hydrogens is 255 g/mol. The van der Waals surface area contributed by atoms with E-state index in [9.17, 15) is 14.5 Å². The van der Waals surface area contributed by atoms with Crippen LogP contribution in [-0.2, 0) is 6.54 Å². The van der Waals surface area contributed by atoms with Crippen LogP contribution in [0.15, 0.2) is 18.2 Å². The van der Waals surface area contributed by atoms with E-state index in [0.717, 1.165) is 31.0 Å². The Bertz CT molecular complexity index is 434. The summed E-state index contributed by atoms with van der Waals surface area (Å²) in [5.41, 5.74) is 0.0845. The van der Waals surface area contributed by atoms with E-state index >= 15 is 0 Å². The van der Waals surface area contributed by atoms with Crippen LogP contribution in [0.1, 0.15) is 12.0 Å². The van der Waals surface area contributed by atoms with Gasteiger partial charge in [0, 0.05) is 24.9 Å². The van der Waals surface area contributed by atoms with Crippen LogP contribution < -0.4 is 0 Å². The van der Waals surface area contributed by atoms with Gasteiger partial charge in [0.1, 0.15) is 5.82 Å². The van der Waals surface area contributed by atoms with Crippen LogP contribution in [-0.4, -0.2) is 34.4 Å². The fraction of sp³-hybridized carbons (Fsp3) is 0.500. The van der Waals surface area contributed by atoms with Crippen molar-refractivity contribution in [2.24, 2.45) is 0 Å². The monoisotopic (exact) mass is 270 g/mol. The lowest BCUT2D eigenvalue weighted by Gasteiger charge is -2.19. The molecule has 4 nitrogen and oxygen atoms in total. The van der Waals surface area contributed by atoms with Crippen molar-refractivity contribution in [1.29, 1.82) is 0 Å². The molecule has 1 aromatic carbocycles. The van der Waals surface area contributed by atoms with Crippen molar-refractivity contribution >= 4 is 17.4 Å². The predicted molar refractivity (Wildman–Crippen MR) is 70.3 cm³/mol. The standard InChI is InChI=1S/C12H15FN2O2S/c13-11-3-1-4-12(15(16)17)10(11)9-14-5-2-7-18-8-6-14/h1,3-4H,2,5-9H2. The van der Waals surface area contributed by atoms with Crippen LogP contribution in [0.3, 0.4) is 0 Å². The van der Waals surface area contributed by atoms with Crippen molar-refractivity contribution in [2.45, 2.75) is 13.0 Å². The number of halogens is 1. The Labute approximate surface area is 109 Å². The van der Waals surface area contributed by atoms with E-state index in [1.165, 1.54) is 18.2 Å². The van der Waals surface area contributed by atoms with Gasteiger partial charge in [0.05, 0.1) is 10.5 Å². The third kappa shape index (κ3) is 3.20. The van der Waals surface area contributed by atoms with E-state index < -0.39 is 10.7 Å². The second kappa shape index (κ2) is 6.15. The number of hydrogen-bond acceptors (Lipinski definition) is 4. The van der Waals surface area contributed by atoms with E-state index in [1.807, 2.05) is 11.8 Å². The minimum absolute atomic E-state index is 0.119. The largest absolute Gasteiger partial charge is 0.298 e. The molecule has 0 atom stereocenters. The molecule has 1 fully saturated rings. The predicted octanol–water partition coefficient (Wildman–Crippen LogP) is 2.67. The van der Waals surface area contributed by atoms with Gasteiger partial charge in [0.15, 0.2) is 0 Å². The molecule has 0 bridgehead atoms. The molecule has 2 rings (SSSR count). The van der Waals surface area contributed by atoms with Crippen molar-refractivity contribution in [2.75, 3.05) is 24.6 Å². The zero-order valence-corrected chi connectivity index (χ0v) is 10.8. The van der Waals surface area contributed by atoms with Gasteiger partial charge in [-0.1, -0.05) is 6.07 Å². The first-order chi connectivity index (χ1) is 8.68. The number of nitro groups is 1. The van der Waals surface area contributed by atoms with E-state index in [2.05, 4.69) is 4.90 Å². The first-order valence-corrected chi connectivity index (χ1v) is 7.06. The number of nitro benzene ring substituents is 1.